The molecule has 0 saturated heterocycles. The van der Waals surface area contributed by atoms with Gasteiger partial charge in [0, 0.05) is 22.1 Å². The average Bonchev–Trinajstić information content (AvgIpc) is 3.22. The molecule has 0 fully saturated rings. The maximum atomic E-state index is 12.5. The number of nitrogens with zero attached hydrogens (tertiary/aromatic N) is 1. The summed E-state index contributed by atoms with van der Waals surface area (Å²) in [5, 5.41) is 13.3. The van der Waals surface area contributed by atoms with Gasteiger partial charge in [0.2, 0.25) is 10.0 Å². The Balaban J connectivity index is 1.80. The molecule has 0 amide bonds. The van der Waals surface area contributed by atoms with Crippen molar-refractivity contribution in [3.05, 3.63) is 54.6 Å². The zero-order valence-electron chi connectivity index (χ0n) is 16.7. The molecule has 1 heterocycles. The Bertz CT molecular complexity index is 1120. The van der Waals surface area contributed by atoms with Crippen molar-refractivity contribution in [2.24, 2.45) is 5.92 Å². The molecular weight excluding hydrogens is 424 g/mol. The van der Waals surface area contributed by atoms with Gasteiger partial charge in [-0.25, -0.2) is 8.42 Å². The summed E-state index contributed by atoms with van der Waals surface area (Å²) in [5.41, 5.74) is 2.15. The van der Waals surface area contributed by atoms with Crippen LogP contribution in [-0.2, 0) is 14.8 Å². The number of aliphatic carboxylic acids is 1. The summed E-state index contributed by atoms with van der Waals surface area (Å²) in [6, 6.07) is 14.5. The van der Waals surface area contributed by atoms with E-state index in [2.05, 4.69) is 9.88 Å². The van der Waals surface area contributed by atoms with Crippen LogP contribution >= 0.6 is 11.8 Å². The Kier molecular flexibility index (Phi) is 6.64. The summed E-state index contributed by atoms with van der Waals surface area (Å²) in [6.07, 6.45) is 2.01. The Morgan fingerprint density at radius 2 is 1.67 bits per heavy atom. The SMILES string of the molecule is CSc1ccc(-c2cc(-c3ccc(S(=O)(=O)NC(C(=O)O)C(C)C)cc3)no2)cc1. The van der Waals surface area contributed by atoms with Crippen LogP contribution in [0.15, 0.2) is 68.9 Å². The standard InChI is InChI=1S/C21H22N2O5S2/c1-13(2)20(21(24)25)23-30(26,27)17-10-6-14(7-11-17)18-12-19(28-22-18)15-4-8-16(29-3)9-5-15/h4-13,20,23H,1-3H3,(H,24,25). The maximum absolute atomic E-state index is 12.5. The van der Waals surface area contributed by atoms with Gasteiger partial charge in [0.25, 0.3) is 0 Å². The average molecular weight is 447 g/mol. The lowest BCUT2D eigenvalue weighted by atomic mass is 10.1. The summed E-state index contributed by atoms with van der Waals surface area (Å²) in [4.78, 5) is 12.4. The molecule has 3 rings (SSSR count). The fourth-order valence-electron chi connectivity index (χ4n) is 2.81. The number of benzene rings is 2. The Morgan fingerprint density at radius 1 is 1.07 bits per heavy atom. The molecule has 1 atom stereocenters. The normalized spacial score (nSPS) is 12.8. The third-order valence-corrected chi connectivity index (χ3v) is 6.76. The van der Waals surface area contributed by atoms with E-state index in [4.69, 9.17) is 4.52 Å². The first-order valence-electron chi connectivity index (χ1n) is 9.18. The molecule has 0 radical (unpaired) electrons. The fraction of sp³-hybridized carbons (Fsp3) is 0.238. The molecule has 0 aliphatic carbocycles. The highest BCUT2D eigenvalue weighted by atomic mass is 32.2. The molecule has 30 heavy (non-hydrogen) atoms. The number of carboxylic acid groups (broad SMARTS) is 1. The highest BCUT2D eigenvalue weighted by Gasteiger charge is 2.28. The summed E-state index contributed by atoms with van der Waals surface area (Å²) >= 11 is 1.65. The van der Waals surface area contributed by atoms with E-state index in [9.17, 15) is 18.3 Å². The molecule has 7 nitrogen and oxygen atoms in total. The minimum absolute atomic E-state index is 0.0190. The number of hydrogen-bond acceptors (Lipinski definition) is 6. The van der Waals surface area contributed by atoms with E-state index in [-0.39, 0.29) is 4.90 Å². The van der Waals surface area contributed by atoms with Gasteiger partial charge in [-0.1, -0.05) is 43.3 Å². The first-order chi connectivity index (χ1) is 14.2. The molecule has 9 heteroatoms. The van der Waals surface area contributed by atoms with Crippen molar-refractivity contribution in [3.63, 3.8) is 0 Å². The van der Waals surface area contributed by atoms with Crippen LogP contribution in [0.25, 0.3) is 22.6 Å². The number of carbonyl (C=O) groups is 1. The molecule has 2 aromatic carbocycles. The lowest BCUT2D eigenvalue weighted by molar-refractivity contribution is -0.140. The molecule has 1 unspecified atom stereocenters. The molecular formula is C21H22N2O5S2. The second kappa shape index (κ2) is 9.03. The van der Waals surface area contributed by atoms with Crippen molar-refractivity contribution in [2.75, 3.05) is 6.26 Å². The smallest absolute Gasteiger partial charge is 0.322 e. The molecule has 0 bridgehead atoms. The number of hydrogen-bond donors (Lipinski definition) is 2. The highest BCUT2D eigenvalue weighted by Crippen LogP contribution is 2.28. The largest absolute Gasteiger partial charge is 0.480 e. The minimum atomic E-state index is -3.97. The van der Waals surface area contributed by atoms with Gasteiger partial charge in [0.1, 0.15) is 11.7 Å². The van der Waals surface area contributed by atoms with Crippen LogP contribution < -0.4 is 4.72 Å². The van der Waals surface area contributed by atoms with Gasteiger partial charge in [0.15, 0.2) is 5.76 Å². The third kappa shape index (κ3) is 4.92. The van der Waals surface area contributed by atoms with Crippen LogP contribution in [0.3, 0.4) is 0 Å². The summed E-state index contributed by atoms with van der Waals surface area (Å²) in [6.45, 7) is 3.28. The van der Waals surface area contributed by atoms with Crippen molar-refractivity contribution >= 4 is 27.8 Å². The minimum Gasteiger partial charge on any atom is -0.480 e. The number of sulfonamides is 1. The number of rotatable bonds is 8. The number of nitrogens with one attached hydrogen (secondary N) is 1. The van der Waals surface area contributed by atoms with Gasteiger partial charge in [-0.3, -0.25) is 4.79 Å². The number of thioether (sulfide) groups is 1. The molecule has 2 N–H and O–H groups in total. The van der Waals surface area contributed by atoms with Gasteiger partial charge in [-0.05, 0) is 36.4 Å². The predicted octanol–water partition coefficient (Wildman–Crippen LogP) is 4.12. The molecule has 0 saturated carbocycles. The lowest BCUT2D eigenvalue weighted by Crippen LogP contribution is -2.44. The first kappa shape index (κ1) is 22.1. The molecule has 158 valence electrons. The van der Waals surface area contributed by atoms with Gasteiger partial charge in [0.05, 0.1) is 4.90 Å². The van der Waals surface area contributed by atoms with E-state index in [0.29, 0.717) is 17.0 Å². The Hall–Kier alpha value is -2.62. The van der Waals surface area contributed by atoms with E-state index >= 15 is 0 Å². The maximum Gasteiger partial charge on any atom is 0.322 e. The second-order valence-electron chi connectivity index (χ2n) is 7.01. The van der Waals surface area contributed by atoms with Gasteiger partial charge < -0.3 is 9.63 Å². The topological polar surface area (TPSA) is 110 Å². The molecule has 1 aromatic heterocycles. The van der Waals surface area contributed by atoms with Gasteiger partial charge in [-0.2, -0.15) is 4.72 Å². The van der Waals surface area contributed by atoms with Crippen molar-refractivity contribution in [2.45, 2.75) is 29.7 Å². The highest BCUT2D eigenvalue weighted by molar-refractivity contribution is 7.98. The summed E-state index contributed by atoms with van der Waals surface area (Å²) < 4.78 is 32.7. The van der Waals surface area contributed by atoms with E-state index < -0.39 is 28.0 Å². The molecule has 0 spiro atoms. The van der Waals surface area contributed by atoms with E-state index in [0.717, 1.165) is 10.5 Å². The van der Waals surface area contributed by atoms with Crippen LogP contribution in [0, 0.1) is 5.92 Å². The fourth-order valence-corrected chi connectivity index (χ4v) is 4.56. The van der Waals surface area contributed by atoms with Crippen molar-refractivity contribution in [1.82, 2.24) is 9.88 Å². The van der Waals surface area contributed by atoms with Gasteiger partial charge in [-0.15, -0.1) is 11.8 Å². The summed E-state index contributed by atoms with van der Waals surface area (Å²) in [7, 11) is -3.97. The van der Waals surface area contributed by atoms with Crippen LogP contribution in [0.5, 0.6) is 0 Å². The van der Waals surface area contributed by atoms with E-state index in [1.807, 2.05) is 30.5 Å². The van der Waals surface area contributed by atoms with Crippen LogP contribution in [0.2, 0.25) is 0 Å². The van der Waals surface area contributed by atoms with E-state index in [1.165, 1.54) is 12.1 Å². The molecule has 0 aliphatic rings. The van der Waals surface area contributed by atoms with Crippen LogP contribution in [-0.4, -0.2) is 36.9 Å². The first-order valence-corrected chi connectivity index (χ1v) is 11.9. The zero-order chi connectivity index (χ0) is 21.9. The number of carboxylic acids is 1. The predicted molar refractivity (Wildman–Crippen MR) is 116 cm³/mol. The van der Waals surface area contributed by atoms with Crippen molar-refractivity contribution in [3.8, 4) is 22.6 Å². The quantitative estimate of drug-likeness (QED) is 0.501. The lowest BCUT2D eigenvalue weighted by Gasteiger charge is -2.18. The molecule has 0 aliphatic heterocycles. The summed E-state index contributed by atoms with van der Waals surface area (Å²) in [5.74, 6) is -1.00. The monoisotopic (exact) mass is 446 g/mol. The van der Waals surface area contributed by atoms with Crippen molar-refractivity contribution in [1.29, 1.82) is 0 Å². The Morgan fingerprint density at radius 3 is 2.20 bits per heavy atom. The van der Waals surface area contributed by atoms with Crippen LogP contribution in [0.4, 0.5) is 0 Å². The van der Waals surface area contributed by atoms with Crippen molar-refractivity contribution < 1.29 is 22.8 Å². The second-order valence-corrected chi connectivity index (χ2v) is 9.60. The Labute approximate surface area is 179 Å². The molecule has 3 aromatic rings. The number of aromatic nitrogens is 1. The third-order valence-electron chi connectivity index (χ3n) is 4.56. The van der Waals surface area contributed by atoms with Crippen LogP contribution in [0.1, 0.15) is 13.8 Å². The van der Waals surface area contributed by atoms with Gasteiger partial charge >= 0.3 is 5.97 Å². The van der Waals surface area contributed by atoms with E-state index in [1.54, 1.807) is 43.8 Å². The zero-order valence-corrected chi connectivity index (χ0v) is 18.3.